The van der Waals surface area contributed by atoms with Gasteiger partial charge in [0.1, 0.15) is 18.6 Å². The number of rotatable bonds is 5. The largest absolute Gasteiger partial charge is 0.411 e. The van der Waals surface area contributed by atoms with Gasteiger partial charge in [-0.15, -0.1) is 0 Å². The fraction of sp³-hybridized carbons (Fsp3) is 0.462. The summed E-state index contributed by atoms with van der Waals surface area (Å²) in [6, 6.07) is 5.57. The van der Waals surface area contributed by atoms with E-state index in [1.54, 1.807) is 0 Å². The molecule has 0 spiro atoms. The number of amides is 1. The number of benzene rings is 1. The van der Waals surface area contributed by atoms with Crippen molar-refractivity contribution in [3.05, 3.63) is 35.6 Å². The van der Waals surface area contributed by atoms with E-state index in [0.29, 0.717) is 5.56 Å². The highest BCUT2D eigenvalue weighted by atomic mass is 19.4. The zero-order chi connectivity index (χ0) is 15.5. The lowest BCUT2D eigenvalue weighted by Crippen LogP contribution is -2.34. The normalized spacial score (nSPS) is 19.3. The van der Waals surface area contributed by atoms with Gasteiger partial charge in [-0.3, -0.25) is 10.1 Å². The Morgan fingerprint density at radius 3 is 2.57 bits per heavy atom. The quantitative estimate of drug-likeness (QED) is 0.666. The number of nitrogens with zero attached hydrogens (tertiary/aromatic N) is 1. The zero-order valence-electron chi connectivity index (χ0n) is 11.0. The van der Waals surface area contributed by atoms with E-state index in [9.17, 15) is 22.4 Å². The number of carbonyl (C=O) groups excluding carboxylic acids is 1. The van der Waals surface area contributed by atoms with Crippen molar-refractivity contribution in [2.75, 3.05) is 26.3 Å². The number of hydrogen-bond acceptors (Lipinski definition) is 3. The van der Waals surface area contributed by atoms with Gasteiger partial charge < -0.3 is 9.64 Å². The number of halogens is 4. The Kier molecular flexibility index (Phi) is 4.79. The lowest BCUT2D eigenvalue weighted by atomic mass is 10.1. The molecule has 1 aromatic carbocycles. The molecule has 1 atom stereocenters. The number of ether oxygens (including phenoxy) is 1. The Morgan fingerprint density at radius 1 is 1.29 bits per heavy atom. The molecule has 0 bridgehead atoms. The maximum Gasteiger partial charge on any atom is 0.411 e. The zero-order valence-corrected chi connectivity index (χ0v) is 11.0. The Labute approximate surface area is 118 Å². The van der Waals surface area contributed by atoms with Crippen LogP contribution in [0.1, 0.15) is 11.7 Å². The second-order valence-electron chi connectivity index (χ2n) is 4.59. The topological polar surface area (TPSA) is 41.6 Å². The molecule has 0 aliphatic carbocycles. The highest BCUT2D eigenvalue weighted by Crippen LogP contribution is 2.22. The Balaban J connectivity index is 1.93. The Hall–Kier alpha value is -1.67. The van der Waals surface area contributed by atoms with Gasteiger partial charge in [-0.2, -0.15) is 13.2 Å². The molecule has 1 aliphatic heterocycles. The molecule has 1 unspecified atom stereocenters. The summed E-state index contributed by atoms with van der Waals surface area (Å²) in [6.45, 7) is -1.44. The summed E-state index contributed by atoms with van der Waals surface area (Å²) in [5.41, 5.74) is 0.665. The molecule has 0 aromatic heterocycles. The Bertz CT molecular complexity index is 490. The van der Waals surface area contributed by atoms with Gasteiger partial charge in [0.25, 0.3) is 0 Å². The van der Waals surface area contributed by atoms with Crippen LogP contribution < -0.4 is 5.32 Å². The SMILES string of the molecule is O=C1CNC(c2ccc(F)cc2)N1CCOCC(F)(F)F. The monoisotopic (exact) mass is 306 g/mol. The molecule has 2 rings (SSSR count). The second-order valence-corrected chi connectivity index (χ2v) is 4.59. The van der Waals surface area contributed by atoms with Gasteiger partial charge in [0.15, 0.2) is 0 Å². The molecule has 1 heterocycles. The summed E-state index contributed by atoms with van der Waals surface area (Å²) < 4.78 is 53.3. The third kappa shape index (κ3) is 4.40. The molecule has 1 aromatic rings. The van der Waals surface area contributed by atoms with Crippen molar-refractivity contribution < 1.29 is 27.1 Å². The van der Waals surface area contributed by atoms with E-state index >= 15 is 0 Å². The van der Waals surface area contributed by atoms with Crippen molar-refractivity contribution >= 4 is 5.91 Å². The van der Waals surface area contributed by atoms with Gasteiger partial charge in [-0.1, -0.05) is 12.1 Å². The lowest BCUT2D eigenvalue weighted by molar-refractivity contribution is -0.175. The summed E-state index contributed by atoms with van der Waals surface area (Å²) in [4.78, 5) is 13.1. The molecule has 1 N–H and O–H groups in total. The summed E-state index contributed by atoms with van der Waals surface area (Å²) in [7, 11) is 0. The smallest absolute Gasteiger partial charge is 0.370 e. The summed E-state index contributed by atoms with van der Waals surface area (Å²) in [5.74, 6) is -0.636. The van der Waals surface area contributed by atoms with E-state index in [0.717, 1.165) is 0 Å². The maximum absolute atomic E-state index is 12.9. The third-order valence-corrected chi connectivity index (χ3v) is 3.01. The van der Waals surface area contributed by atoms with E-state index in [4.69, 9.17) is 0 Å². The number of carbonyl (C=O) groups is 1. The van der Waals surface area contributed by atoms with Gasteiger partial charge >= 0.3 is 6.18 Å². The predicted molar refractivity (Wildman–Crippen MR) is 65.7 cm³/mol. The fourth-order valence-corrected chi connectivity index (χ4v) is 2.09. The summed E-state index contributed by atoms with van der Waals surface area (Å²) in [6.07, 6.45) is -4.86. The molecule has 1 fully saturated rings. The first kappa shape index (κ1) is 15.7. The Morgan fingerprint density at radius 2 is 1.95 bits per heavy atom. The molecule has 21 heavy (non-hydrogen) atoms. The van der Waals surface area contributed by atoms with E-state index in [2.05, 4.69) is 10.1 Å². The third-order valence-electron chi connectivity index (χ3n) is 3.01. The molecule has 1 aliphatic rings. The fourth-order valence-electron chi connectivity index (χ4n) is 2.09. The van der Waals surface area contributed by atoms with Crippen molar-refractivity contribution in [1.82, 2.24) is 10.2 Å². The van der Waals surface area contributed by atoms with E-state index in [-0.39, 0.29) is 25.6 Å². The van der Waals surface area contributed by atoms with Crippen molar-refractivity contribution in [1.29, 1.82) is 0 Å². The molecular formula is C13H14F4N2O2. The first-order chi connectivity index (χ1) is 9.87. The minimum Gasteiger partial charge on any atom is -0.370 e. The van der Waals surface area contributed by atoms with E-state index in [1.807, 2.05) is 0 Å². The van der Waals surface area contributed by atoms with Crippen LogP contribution in [0.15, 0.2) is 24.3 Å². The van der Waals surface area contributed by atoms with E-state index < -0.39 is 24.8 Å². The highest BCUT2D eigenvalue weighted by molar-refractivity contribution is 5.80. The molecule has 0 saturated carbocycles. The van der Waals surface area contributed by atoms with Gasteiger partial charge in [0.05, 0.1) is 13.2 Å². The van der Waals surface area contributed by atoms with Crippen LogP contribution in [0.2, 0.25) is 0 Å². The first-order valence-corrected chi connectivity index (χ1v) is 6.29. The molecular weight excluding hydrogens is 292 g/mol. The van der Waals surface area contributed by atoms with Crippen molar-refractivity contribution in [2.24, 2.45) is 0 Å². The standard InChI is InChI=1S/C13H14F4N2O2/c14-10-3-1-9(2-4-10)12-18-7-11(20)19(12)5-6-21-8-13(15,16)17/h1-4,12,18H,5-8H2. The maximum atomic E-state index is 12.9. The van der Waals surface area contributed by atoms with Crippen LogP contribution in [0.5, 0.6) is 0 Å². The van der Waals surface area contributed by atoms with Crippen molar-refractivity contribution in [3.63, 3.8) is 0 Å². The molecule has 1 saturated heterocycles. The predicted octanol–water partition coefficient (Wildman–Crippen LogP) is 1.84. The minimum atomic E-state index is -4.39. The van der Waals surface area contributed by atoms with Crippen LogP contribution in [0.4, 0.5) is 17.6 Å². The van der Waals surface area contributed by atoms with Gasteiger partial charge in [-0.25, -0.2) is 4.39 Å². The van der Waals surface area contributed by atoms with Crippen LogP contribution >= 0.6 is 0 Å². The molecule has 0 radical (unpaired) electrons. The van der Waals surface area contributed by atoms with Gasteiger partial charge in [-0.05, 0) is 17.7 Å². The average Bonchev–Trinajstić information content (AvgIpc) is 2.76. The van der Waals surface area contributed by atoms with E-state index in [1.165, 1.54) is 29.2 Å². The number of nitrogens with one attached hydrogen (secondary N) is 1. The lowest BCUT2D eigenvalue weighted by Gasteiger charge is -2.24. The second kappa shape index (κ2) is 6.40. The van der Waals surface area contributed by atoms with Crippen LogP contribution in [0.25, 0.3) is 0 Å². The highest BCUT2D eigenvalue weighted by Gasteiger charge is 2.32. The summed E-state index contributed by atoms with van der Waals surface area (Å²) in [5, 5.41) is 2.93. The van der Waals surface area contributed by atoms with Crippen LogP contribution in [-0.4, -0.2) is 43.3 Å². The van der Waals surface area contributed by atoms with Crippen molar-refractivity contribution in [3.8, 4) is 0 Å². The average molecular weight is 306 g/mol. The number of hydrogen-bond donors (Lipinski definition) is 1. The molecule has 8 heteroatoms. The minimum absolute atomic E-state index is 0.0317. The summed E-state index contributed by atoms with van der Waals surface area (Å²) >= 11 is 0. The van der Waals surface area contributed by atoms with Gasteiger partial charge in [0, 0.05) is 6.54 Å². The molecule has 1 amide bonds. The first-order valence-electron chi connectivity index (χ1n) is 6.29. The van der Waals surface area contributed by atoms with Crippen LogP contribution in [0.3, 0.4) is 0 Å². The molecule has 4 nitrogen and oxygen atoms in total. The number of alkyl halides is 3. The van der Waals surface area contributed by atoms with Crippen LogP contribution in [0, 0.1) is 5.82 Å². The van der Waals surface area contributed by atoms with Gasteiger partial charge in [0.2, 0.25) is 5.91 Å². The molecule has 116 valence electrons. The van der Waals surface area contributed by atoms with Crippen LogP contribution in [-0.2, 0) is 9.53 Å². The van der Waals surface area contributed by atoms with Crippen molar-refractivity contribution in [2.45, 2.75) is 12.3 Å².